The molecule has 1 aliphatic carbocycles. The molecule has 1 N–H and O–H groups in total. The number of aromatic nitrogens is 4. The number of hydrogen-bond acceptors (Lipinski definition) is 5. The van der Waals surface area contributed by atoms with Gasteiger partial charge in [-0.2, -0.15) is 4.80 Å². The van der Waals surface area contributed by atoms with Crippen molar-refractivity contribution in [2.24, 2.45) is 0 Å². The molecule has 0 spiro atoms. The van der Waals surface area contributed by atoms with Crippen LogP contribution < -0.4 is 5.32 Å². The van der Waals surface area contributed by atoms with E-state index in [4.69, 9.17) is 11.6 Å². The van der Waals surface area contributed by atoms with Crippen LogP contribution in [0.15, 0.2) is 48.5 Å². The fourth-order valence-electron chi connectivity index (χ4n) is 3.83. The Bertz CT molecular complexity index is 1110. The molecule has 2 aromatic carbocycles. The van der Waals surface area contributed by atoms with E-state index in [1.54, 1.807) is 12.1 Å². The molecule has 1 fully saturated rings. The molecule has 0 aliphatic heterocycles. The van der Waals surface area contributed by atoms with Gasteiger partial charge in [0.05, 0.1) is 6.54 Å². The molecule has 8 nitrogen and oxygen atoms in total. The maximum atomic E-state index is 13.2. The summed E-state index contributed by atoms with van der Waals surface area (Å²) in [6.45, 7) is -0.120. The lowest BCUT2D eigenvalue weighted by atomic mass is 10.2. The lowest BCUT2D eigenvalue weighted by Gasteiger charge is -2.23. The van der Waals surface area contributed by atoms with Gasteiger partial charge in [0.25, 0.3) is 0 Å². The molecule has 0 atom stereocenters. The van der Waals surface area contributed by atoms with Crippen molar-refractivity contribution in [3.63, 3.8) is 0 Å². The molecular formula is C23H24ClFN6O2. The van der Waals surface area contributed by atoms with Crippen LogP contribution in [0.3, 0.4) is 0 Å². The van der Waals surface area contributed by atoms with Crippen LogP contribution in [-0.2, 0) is 22.7 Å². The van der Waals surface area contributed by atoms with Crippen molar-refractivity contribution < 1.29 is 14.0 Å². The number of carbonyl (C=O) groups excluding carboxylic acids is 2. The zero-order valence-corrected chi connectivity index (χ0v) is 18.7. The number of amides is 2. The Morgan fingerprint density at radius 3 is 2.58 bits per heavy atom. The minimum atomic E-state index is -0.368. The molecule has 1 aliphatic rings. The van der Waals surface area contributed by atoms with Gasteiger partial charge in [-0.05, 0) is 54.0 Å². The van der Waals surface area contributed by atoms with Crippen LogP contribution in [-0.4, -0.2) is 49.5 Å². The first-order valence-electron chi connectivity index (χ1n) is 10.8. The monoisotopic (exact) mass is 470 g/mol. The highest BCUT2D eigenvalue weighted by Crippen LogP contribution is 2.19. The molecule has 4 rings (SSSR count). The highest BCUT2D eigenvalue weighted by atomic mass is 35.5. The first kappa shape index (κ1) is 22.8. The number of carbonyl (C=O) groups is 2. The summed E-state index contributed by atoms with van der Waals surface area (Å²) in [4.78, 5) is 28.4. The van der Waals surface area contributed by atoms with Gasteiger partial charge in [0.1, 0.15) is 12.4 Å². The standard InChI is InChI=1S/C23H24ClFN6O2/c24-20-8-4-1-5-17(20)13-30(14-21(32)26-19-6-2-3-7-19)22(33)15-31-28-23(27-29-31)16-9-11-18(25)12-10-16/h1,4-5,8-12,19H,2-3,6-7,13-15H2,(H,26,32). The number of nitrogens with one attached hydrogen (secondary N) is 1. The van der Waals surface area contributed by atoms with E-state index < -0.39 is 0 Å². The Balaban J connectivity index is 1.46. The third-order valence-corrected chi connectivity index (χ3v) is 5.93. The highest BCUT2D eigenvalue weighted by molar-refractivity contribution is 6.31. The zero-order valence-electron chi connectivity index (χ0n) is 18.0. The van der Waals surface area contributed by atoms with E-state index in [2.05, 4.69) is 20.7 Å². The van der Waals surface area contributed by atoms with Crippen molar-refractivity contribution in [2.75, 3.05) is 6.54 Å². The van der Waals surface area contributed by atoms with E-state index in [0.29, 0.717) is 10.6 Å². The largest absolute Gasteiger partial charge is 0.352 e. The topological polar surface area (TPSA) is 93.0 Å². The van der Waals surface area contributed by atoms with Crippen LogP contribution >= 0.6 is 11.6 Å². The summed E-state index contributed by atoms with van der Waals surface area (Å²) in [7, 11) is 0. The maximum Gasteiger partial charge on any atom is 0.247 e. The average Bonchev–Trinajstić information content (AvgIpc) is 3.47. The highest BCUT2D eigenvalue weighted by Gasteiger charge is 2.23. The zero-order chi connectivity index (χ0) is 23.2. The van der Waals surface area contributed by atoms with Crippen LogP contribution in [0.2, 0.25) is 5.02 Å². The summed E-state index contributed by atoms with van der Waals surface area (Å²) in [5.41, 5.74) is 1.32. The number of halogens is 2. The quantitative estimate of drug-likeness (QED) is 0.545. The van der Waals surface area contributed by atoms with Crippen molar-refractivity contribution in [3.05, 3.63) is 64.9 Å². The summed E-state index contributed by atoms with van der Waals surface area (Å²) in [5.74, 6) is -0.646. The van der Waals surface area contributed by atoms with Crippen molar-refractivity contribution in [1.29, 1.82) is 0 Å². The molecule has 0 unspecified atom stereocenters. The SMILES string of the molecule is O=C(CN(Cc1ccccc1Cl)C(=O)Cn1nnc(-c2ccc(F)cc2)n1)NC1CCCC1. The van der Waals surface area contributed by atoms with E-state index in [0.717, 1.165) is 36.0 Å². The molecule has 33 heavy (non-hydrogen) atoms. The second kappa shape index (κ2) is 10.5. The molecular weight excluding hydrogens is 447 g/mol. The molecule has 1 heterocycles. The molecule has 10 heteroatoms. The Labute approximate surface area is 195 Å². The molecule has 172 valence electrons. The summed E-state index contributed by atoms with van der Waals surface area (Å²) in [6.07, 6.45) is 4.11. The molecule has 0 bridgehead atoms. The van der Waals surface area contributed by atoms with Gasteiger partial charge >= 0.3 is 0 Å². The van der Waals surface area contributed by atoms with Crippen molar-refractivity contribution in [2.45, 2.75) is 44.8 Å². The summed E-state index contributed by atoms with van der Waals surface area (Å²) < 4.78 is 13.2. The van der Waals surface area contributed by atoms with Gasteiger partial charge < -0.3 is 10.2 Å². The minimum absolute atomic E-state index is 0.0971. The molecule has 2 amide bonds. The van der Waals surface area contributed by atoms with E-state index >= 15 is 0 Å². The van der Waals surface area contributed by atoms with E-state index in [9.17, 15) is 14.0 Å². The smallest absolute Gasteiger partial charge is 0.247 e. The second-order valence-corrected chi connectivity index (χ2v) is 8.45. The first-order chi connectivity index (χ1) is 16.0. The van der Waals surface area contributed by atoms with Gasteiger partial charge in [0.15, 0.2) is 0 Å². The normalized spacial score (nSPS) is 13.8. The van der Waals surface area contributed by atoms with Crippen LogP contribution in [0.1, 0.15) is 31.2 Å². The maximum absolute atomic E-state index is 13.2. The van der Waals surface area contributed by atoms with Gasteiger partial charge in [-0.15, -0.1) is 10.2 Å². The van der Waals surface area contributed by atoms with Crippen LogP contribution in [0.5, 0.6) is 0 Å². The van der Waals surface area contributed by atoms with E-state index in [1.807, 2.05) is 12.1 Å². The Morgan fingerprint density at radius 1 is 1.12 bits per heavy atom. The predicted molar refractivity (Wildman–Crippen MR) is 120 cm³/mol. The lowest BCUT2D eigenvalue weighted by Crippen LogP contribution is -2.44. The van der Waals surface area contributed by atoms with Crippen LogP contribution in [0.25, 0.3) is 11.4 Å². The number of benzene rings is 2. The van der Waals surface area contributed by atoms with Gasteiger partial charge in [-0.25, -0.2) is 4.39 Å². The number of rotatable bonds is 8. The fraction of sp³-hybridized carbons (Fsp3) is 0.348. The minimum Gasteiger partial charge on any atom is -0.352 e. The predicted octanol–water partition coefficient (Wildman–Crippen LogP) is 3.22. The number of tetrazole rings is 1. The average molecular weight is 471 g/mol. The number of nitrogens with zero attached hydrogens (tertiary/aromatic N) is 5. The van der Waals surface area contributed by atoms with Gasteiger partial charge in [0, 0.05) is 23.2 Å². The lowest BCUT2D eigenvalue weighted by molar-refractivity contribution is -0.137. The van der Waals surface area contributed by atoms with Crippen LogP contribution in [0, 0.1) is 5.82 Å². The molecule has 1 saturated carbocycles. The van der Waals surface area contributed by atoms with Crippen molar-refractivity contribution in [3.8, 4) is 11.4 Å². The van der Waals surface area contributed by atoms with E-state index in [1.165, 1.54) is 29.2 Å². The van der Waals surface area contributed by atoms with Crippen molar-refractivity contribution in [1.82, 2.24) is 30.4 Å². The van der Waals surface area contributed by atoms with E-state index in [-0.39, 0.29) is 49.1 Å². The summed E-state index contributed by atoms with van der Waals surface area (Å²) in [6, 6.07) is 13.0. The Morgan fingerprint density at radius 2 is 1.85 bits per heavy atom. The first-order valence-corrected chi connectivity index (χ1v) is 11.2. The van der Waals surface area contributed by atoms with Gasteiger partial charge in [-0.3, -0.25) is 9.59 Å². The summed E-state index contributed by atoms with van der Waals surface area (Å²) >= 11 is 6.28. The molecule has 0 radical (unpaired) electrons. The second-order valence-electron chi connectivity index (χ2n) is 8.04. The van der Waals surface area contributed by atoms with Gasteiger partial charge in [-0.1, -0.05) is 42.6 Å². The van der Waals surface area contributed by atoms with Crippen molar-refractivity contribution >= 4 is 23.4 Å². The third kappa shape index (κ3) is 6.13. The molecule has 1 aromatic heterocycles. The molecule has 0 saturated heterocycles. The number of hydrogen-bond donors (Lipinski definition) is 1. The van der Waals surface area contributed by atoms with Crippen LogP contribution in [0.4, 0.5) is 4.39 Å². The Kier molecular flexibility index (Phi) is 7.29. The third-order valence-electron chi connectivity index (χ3n) is 5.56. The van der Waals surface area contributed by atoms with Gasteiger partial charge in [0.2, 0.25) is 17.6 Å². The fourth-order valence-corrected chi connectivity index (χ4v) is 4.02. The Hall–Kier alpha value is -3.33. The molecule has 3 aromatic rings. The summed E-state index contributed by atoms with van der Waals surface area (Å²) in [5, 5.41) is 15.6.